The molecule has 1 amide bonds. The van der Waals surface area contributed by atoms with Crippen LogP contribution >= 0.6 is 0 Å². The van der Waals surface area contributed by atoms with Crippen molar-refractivity contribution in [2.75, 3.05) is 11.9 Å². The van der Waals surface area contributed by atoms with E-state index in [4.69, 9.17) is 4.74 Å². The van der Waals surface area contributed by atoms with Crippen LogP contribution in [0.2, 0.25) is 0 Å². The Labute approximate surface area is 127 Å². The number of ether oxygens (including phenoxy) is 1. The molecule has 1 heterocycles. The van der Waals surface area contributed by atoms with Crippen LogP contribution in [0.1, 0.15) is 52.1 Å². The molecule has 1 aromatic carbocycles. The van der Waals surface area contributed by atoms with Gasteiger partial charge in [0.1, 0.15) is 11.8 Å². The van der Waals surface area contributed by atoms with Crippen LogP contribution in [0.15, 0.2) is 18.2 Å². The molecule has 0 radical (unpaired) electrons. The molecule has 2 unspecified atom stereocenters. The maximum atomic E-state index is 12.0. The normalized spacial score (nSPS) is 18.5. The summed E-state index contributed by atoms with van der Waals surface area (Å²) in [7, 11) is 0. The lowest BCUT2D eigenvalue weighted by Gasteiger charge is -2.17. The molecule has 1 aliphatic heterocycles. The Balaban J connectivity index is 2.07. The minimum atomic E-state index is -0.234. The first-order valence-corrected chi connectivity index (χ1v) is 7.86. The van der Waals surface area contributed by atoms with Gasteiger partial charge in [0, 0.05) is 17.3 Å². The van der Waals surface area contributed by atoms with E-state index in [9.17, 15) is 4.79 Å². The van der Waals surface area contributed by atoms with Crippen molar-refractivity contribution in [3.8, 4) is 5.75 Å². The number of carbonyl (C=O) groups is 1. The van der Waals surface area contributed by atoms with E-state index in [1.165, 1.54) is 0 Å². The lowest BCUT2D eigenvalue weighted by Crippen LogP contribution is -2.27. The molecule has 0 fully saturated rings. The lowest BCUT2D eigenvalue weighted by atomic mass is 10.1. The molecule has 116 valence electrons. The number of hydrogen-bond donors (Lipinski definition) is 2. The largest absolute Gasteiger partial charge is 0.491 e. The smallest absolute Gasteiger partial charge is 0.246 e. The summed E-state index contributed by atoms with van der Waals surface area (Å²) in [4.78, 5) is 12.0. The van der Waals surface area contributed by atoms with Gasteiger partial charge in [-0.2, -0.15) is 0 Å². The highest BCUT2D eigenvalue weighted by Gasteiger charge is 2.30. The molecule has 0 aliphatic carbocycles. The number of nitrogens with one attached hydrogen (secondary N) is 2. The molecule has 0 saturated heterocycles. The fourth-order valence-electron chi connectivity index (χ4n) is 2.75. The number of fused-ring (bicyclic) bond motifs is 1. The van der Waals surface area contributed by atoms with E-state index in [1.54, 1.807) is 0 Å². The van der Waals surface area contributed by atoms with Gasteiger partial charge < -0.3 is 15.4 Å². The first-order chi connectivity index (χ1) is 10.0. The first kappa shape index (κ1) is 15.8. The Kier molecular flexibility index (Phi) is 5.23. The third-order valence-electron chi connectivity index (χ3n) is 3.59. The van der Waals surface area contributed by atoms with Crippen molar-refractivity contribution in [2.24, 2.45) is 5.92 Å². The third-order valence-corrected chi connectivity index (χ3v) is 3.59. The maximum Gasteiger partial charge on any atom is 0.246 e. The predicted molar refractivity (Wildman–Crippen MR) is 85.7 cm³/mol. The Morgan fingerprint density at radius 3 is 2.76 bits per heavy atom. The average Bonchev–Trinajstić information content (AvgIpc) is 2.70. The van der Waals surface area contributed by atoms with Crippen molar-refractivity contribution >= 4 is 11.6 Å². The molecule has 1 aromatic rings. The Morgan fingerprint density at radius 1 is 1.33 bits per heavy atom. The zero-order valence-corrected chi connectivity index (χ0v) is 13.4. The summed E-state index contributed by atoms with van der Waals surface area (Å²) in [6.07, 6.45) is 2.20. The van der Waals surface area contributed by atoms with Crippen molar-refractivity contribution in [3.63, 3.8) is 0 Å². The predicted octanol–water partition coefficient (Wildman–Crippen LogP) is 3.49. The Hall–Kier alpha value is -1.55. The SMILES string of the molecule is CCCNC1C(=O)Nc2cc(OC(C)CC(C)C)ccc21. The van der Waals surface area contributed by atoms with E-state index in [-0.39, 0.29) is 18.1 Å². The van der Waals surface area contributed by atoms with Gasteiger partial charge in [-0.25, -0.2) is 0 Å². The summed E-state index contributed by atoms with van der Waals surface area (Å²) in [5.41, 5.74) is 1.88. The van der Waals surface area contributed by atoms with Crippen LogP contribution in [0.5, 0.6) is 5.75 Å². The molecule has 0 aromatic heterocycles. The summed E-state index contributed by atoms with van der Waals surface area (Å²) in [6.45, 7) is 9.38. The number of amides is 1. The summed E-state index contributed by atoms with van der Waals surface area (Å²) >= 11 is 0. The van der Waals surface area contributed by atoms with Gasteiger partial charge in [0.2, 0.25) is 5.91 Å². The molecule has 2 atom stereocenters. The van der Waals surface area contributed by atoms with E-state index in [1.807, 2.05) is 18.2 Å². The zero-order valence-electron chi connectivity index (χ0n) is 13.4. The quantitative estimate of drug-likeness (QED) is 0.808. The lowest BCUT2D eigenvalue weighted by molar-refractivity contribution is -0.117. The standard InChI is InChI=1S/C17H26N2O2/c1-5-8-18-16-14-7-6-13(10-15(14)19-17(16)20)21-12(4)9-11(2)3/h6-7,10-12,16,18H,5,8-9H2,1-4H3,(H,19,20). The van der Waals surface area contributed by atoms with Crippen molar-refractivity contribution in [3.05, 3.63) is 23.8 Å². The summed E-state index contributed by atoms with van der Waals surface area (Å²) < 4.78 is 5.93. The van der Waals surface area contributed by atoms with Crippen LogP contribution < -0.4 is 15.4 Å². The van der Waals surface area contributed by atoms with E-state index >= 15 is 0 Å². The molecule has 4 heteroatoms. The molecule has 0 bridgehead atoms. The van der Waals surface area contributed by atoms with E-state index in [0.717, 1.165) is 36.4 Å². The topological polar surface area (TPSA) is 50.4 Å². The zero-order chi connectivity index (χ0) is 15.4. The first-order valence-electron chi connectivity index (χ1n) is 7.86. The molecule has 4 nitrogen and oxygen atoms in total. The van der Waals surface area contributed by atoms with Gasteiger partial charge in [-0.3, -0.25) is 4.79 Å². The molecular formula is C17H26N2O2. The monoisotopic (exact) mass is 290 g/mol. The van der Waals surface area contributed by atoms with Crippen LogP contribution in [-0.2, 0) is 4.79 Å². The fourth-order valence-corrected chi connectivity index (χ4v) is 2.75. The van der Waals surface area contributed by atoms with Gasteiger partial charge in [0.05, 0.1) is 6.10 Å². The molecule has 0 saturated carbocycles. The number of anilines is 1. The fraction of sp³-hybridized carbons (Fsp3) is 0.588. The van der Waals surface area contributed by atoms with Crippen LogP contribution in [0.3, 0.4) is 0 Å². The minimum absolute atomic E-state index is 0.0193. The van der Waals surface area contributed by atoms with Gasteiger partial charge in [0.15, 0.2) is 0 Å². The van der Waals surface area contributed by atoms with E-state index in [0.29, 0.717) is 5.92 Å². The van der Waals surface area contributed by atoms with E-state index in [2.05, 4.69) is 38.3 Å². The summed E-state index contributed by atoms with van der Waals surface area (Å²) in [5.74, 6) is 1.45. The van der Waals surface area contributed by atoms with Gasteiger partial charge in [0.25, 0.3) is 0 Å². The molecule has 0 spiro atoms. The van der Waals surface area contributed by atoms with Gasteiger partial charge in [-0.05, 0) is 38.3 Å². The number of rotatable bonds is 7. The average molecular weight is 290 g/mol. The highest BCUT2D eigenvalue weighted by Crippen LogP contribution is 2.34. The Morgan fingerprint density at radius 2 is 2.10 bits per heavy atom. The molecule has 21 heavy (non-hydrogen) atoms. The maximum absolute atomic E-state index is 12.0. The van der Waals surface area contributed by atoms with Gasteiger partial charge >= 0.3 is 0 Å². The number of carbonyl (C=O) groups excluding carboxylic acids is 1. The summed E-state index contributed by atoms with van der Waals surface area (Å²) in [5, 5.41) is 6.20. The van der Waals surface area contributed by atoms with Crippen molar-refractivity contribution < 1.29 is 9.53 Å². The van der Waals surface area contributed by atoms with Crippen LogP contribution in [0, 0.1) is 5.92 Å². The van der Waals surface area contributed by atoms with Crippen LogP contribution in [-0.4, -0.2) is 18.6 Å². The second-order valence-electron chi connectivity index (χ2n) is 6.18. The van der Waals surface area contributed by atoms with Crippen molar-refractivity contribution in [1.82, 2.24) is 5.32 Å². The van der Waals surface area contributed by atoms with Gasteiger partial charge in [-0.1, -0.05) is 26.8 Å². The second kappa shape index (κ2) is 6.94. The highest BCUT2D eigenvalue weighted by molar-refractivity contribution is 6.02. The van der Waals surface area contributed by atoms with Crippen LogP contribution in [0.4, 0.5) is 5.69 Å². The second-order valence-corrected chi connectivity index (χ2v) is 6.18. The van der Waals surface area contributed by atoms with Crippen molar-refractivity contribution in [2.45, 2.75) is 52.7 Å². The van der Waals surface area contributed by atoms with Crippen LogP contribution in [0.25, 0.3) is 0 Å². The van der Waals surface area contributed by atoms with E-state index < -0.39 is 0 Å². The van der Waals surface area contributed by atoms with Gasteiger partial charge in [-0.15, -0.1) is 0 Å². The van der Waals surface area contributed by atoms with Crippen molar-refractivity contribution in [1.29, 1.82) is 0 Å². The summed E-state index contributed by atoms with van der Waals surface area (Å²) in [6, 6.07) is 5.63. The number of hydrogen-bond acceptors (Lipinski definition) is 3. The highest BCUT2D eigenvalue weighted by atomic mass is 16.5. The molecule has 2 rings (SSSR count). The molecule has 1 aliphatic rings. The number of benzene rings is 1. The molecular weight excluding hydrogens is 264 g/mol. The Bertz CT molecular complexity index is 500. The third kappa shape index (κ3) is 3.97. The minimum Gasteiger partial charge on any atom is -0.491 e. The molecule has 2 N–H and O–H groups in total.